The Morgan fingerprint density at radius 1 is 1.32 bits per heavy atom. The molecule has 1 aromatic carbocycles. The van der Waals surface area contributed by atoms with Crippen LogP contribution in [0.1, 0.15) is 54.9 Å². The number of carbonyl (C=O) groups is 2. The minimum absolute atomic E-state index is 0.0593. The van der Waals surface area contributed by atoms with Crippen molar-refractivity contribution in [3.8, 4) is 11.8 Å². The third-order valence-electron chi connectivity index (χ3n) is 6.31. The number of primary amides is 1. The van der Waals surface area contributed by atoms with Crippen LogP contribution in [0.3, 0.4) is 0 Å². The molecule has 1 aliphatic heterocycles. The standard InChI is InChI=1S/C19H23N7O3.C4H8.C2H4N2/c20-6-3-19(26-11-14(17(22)29)18(24-26)23-12-27)4-7-25(8-5-19)10-13-1-2-15(21)16(28)9-13;1-4-2-3-4;3-1-2-4/h1-2,9,11-12,28H,3-5,7-8,10,21H2,(H2,22,29)(H,23,24,27);4H,2-3H2,1H3;1-4H. The third-order valence-corrected chi connectivity index (χ3v) is 6.31. The summed E-state index contributed by atoms with van der Waals surface area (Å²) in [6.45, 7) is 4.30. The number of nitrogens with two attached hydrogens (primary N) is 2. The van der Waals surface area contributed by atoms with Gasteiger partial charge in [-0.1, -0.05) is 25.8 Å². The number of phenolic OH excluding ortho intramolecular Hbond substituents is 1. The van der Waals surface area contributed by atoms with Crippen molar-refractivity contribution >= 4 is 36.3 Å². The van der Waals surface area contributed by atoms with Gasteiger partial charge in [-0.05, 0) is 36.5 Å². The number of anilines is 2. The maximum Gasteiger partial charge on any atom is 0.254 e. The van der Waals surface area contributed by atoms with Crippen molar-refractivity contribution < 1.29 is 14.7 Å². The van der Waals surface area contributed by atoms with Crippen LogP contribution in [-0.4, -0.2) is 57.6 Å². The molecule has 12 heteroatoms. The number of nitrogens with zero attached hydrogens (tertiary/aromatic N) is 4. The number of nitrogens with one attached hydrogen (secondary N) is 3. The number of phenols is 1. The van der Waals surface area contributed by atoms with E-state index < -0.39 is 11.4 Å². The Labute approximate surface area is 216 Å². The molecule has 2 fully saturated rings. The lowest BCUT2D eigenvalue weighted by atomic mass is 9.84. The maximum atomic E-state index is 11.7. The summed E-state index contributed by atoms with van der Waals surface area (Å²) in [6, 6.07) is 7.40. The zero-order valence-electron chi connectivity index (χ0n) is 21.0. The molecule has 198 valence electrons. The van der Waals surface area contributed by atoms with E-state index in [1.54, 1.807) is 16.8 Å². The average molecular weight is 510 g/mol. The van der Waals surface area contributed by atoms with Gasteiger partial charge in [0, 0.05) is 38.3 Å². The molecule has 0 unspecified atom stereocenters. The lowest BCUT2D eigenvalue weighted by Gasteiger charge is -2.40. The normalized spacial score (nSPS) is 16.0. The fourth-order valence-electron chi connectivity index (χ4n) is 3.83. The highest BCUT2D eigenvalue weighted by Gasteiger charge is 2.38. The van der Waals surface area contributed by atoms with Crippen molar-refractivity contribution in [1.82, 2.24) is 14.7 Å². The van der Waals surface area contributed by atoms with Crippen LogP contribution in [0.4, 0.5) is 11.5 Å². The van der Waals surface area contributed by atoms with Crippen LogP contribution in [-0.2, 0) is 16.9 Å². The summed E-state index contributed by atoms with van der Waals surface area (Å²) in [6.07, 6.45) is 8.20. The molecule has 2 aliphatic rings. The topological polar surface area (TPSA) is 211 Å². The van der Waals surface area contributed by atoms with Gasteiger partial charge < -0.3 is 32.7 Å². The summed E-state index contributed by atoms with van der Waals surface area (Å²) < 4.78 is 1.59. The summed E-state index contributed by atoms with van der Waals surface area (Å²) in [4.78, 5) is 24.7. The van der Waals surface area contributed by atoms with Crippen LogP contribution in [0.15, 0.2) is 24.4 Å². The Hall–Kier alpha value is -4.24. The number of benzene rings is 1. The first-order valence-corrected chi connectivity index (χ1v) is 12.0. The Morgan fingerprint density at radius 3 is 2.41 bits per heavy atom. The molecule has 0 radical (unpaired) electrons. The lowest BCUT2D eigenvalue weighted by molar-refractivity contribution is -0.105. The summed E-state index contributed by atoms with van der Waals surface area (Å²) in [5.41, 5.74) is 11.8. The molecule has 2 heterocycles. The second kappa shape index (κ2) is 13.7. The number of aromatic hydroxyl groups is 1. The van der Waals surface area contributed by atoms with Crippen LogP contribution in [0.25, 0.3) is 0 Å². The molecule has 2 aromatic rings. The molecule has 1 saturated heterocycles. The quantitative estimate of drug-likeness (QED) is 0.135. The Kier molecular flexibility index (Phi) is 10.8. The van der Waals surface area contributed by atoms with E-state index in [2.05, 4.69) is 28.3 Å². The van der Waals surface area contributed by atoms with Gasteiger partial charge >= 0.3 is 0 Å². The van der Waals surface area contributed by atoms with E-state index in [4.69, 9.17) is 22.3 Å². The first-order chi connectivity index (χ1) is 17.7. The monoisotopic (exact) mass is 509 g/mol. The highest BCUT2D eigenvalue weighted by Crippen LogP contribution is 2.35. The molecule has 1 aliphatic carbocycles. The van der Waals surface area contributed by atoms with E-state index in [0.717, 1.165) is 23.9 Å². The van der Waals surface area contributed by atoms with E-state index in [9.17, 15) is 20.0 Å². The molecule has 0 atom stereocenters. The van der Waals surface area contributed by atoms with Gasteiger partial charge in [-0.15, -0.1) is 0 Å². The lowest BCUT2D eigenvalue weighted by Crippen LogP contribution is -2.46. The van der Waals surface area contributed by atoms with Crippen LogP contribution in [0.2, 0.25) is 0 Å². The van der Waals surface area contributed by atoms with Crippen molar-refractivity contribution in [2.45, 2.75) is 51.1 Å². The first-order valence-electron chi connectivity index (χ1n) is 12.0. The number of aromatic nitrogens is 2. The van der Waals surface area contributed by atoms with Crippen molar-refractivity contribution in [3.05, 3.63) is 35.5 Å². The summed E-state index contributed by atoms with van der Waals surface area (Å²) in [5, 5.41) is 38.0. The van der Waals surface area contributed by atoms with Crippen molar-refractivity contribution in [2.24, 2.45) is 11.7 Å². The molecule has 1 aromatic heterocycles. The van der Waals surface area contributed by atoms with E-state index >= 15 is 0 Å². The summed E-state index contributed by atoms with van der Waals surface area (Å²) in [5.74, 6) is 0.530. The molecule has 8 N–H and O–H groups in total. The second-order valence-corrected chi connectivity index (χ2v) is 9.21. The molecule has 2 amide bonds. The van der Waals surface area contributed by atoms with Gasteiger partial charge in [0.1, 0.15) is 11.3 Å². The number of nitrogen functional groups attached to an aromatic ring is 1. The van der Waals surface area contributed by atoms with E-state index in [-0.39, 0.29) is 23.6 Å². The first kappa shape index (κ1) is 29.0. The van der Waals surface area contributed by atoms with Gasteiger partial charge in [0.25, 0.3) is 5.91 Å². The summed E-state index contributed by atoms with van der Waals surface area (Å²) >= 11 is 0. The van der Waals surface area contributed by atoms with Crippen molar-refractivity contribution in [1.29, 1.82) is 16.1 Å². The third kappa shape index (κ3) is 8.43. The molecule has 1 saturated carbocycles. The number of hydrogen-bond donors (Lipinski definition) is 6. The Morgan fingerprint density at radius 2 is 1.95 bits per heavy atom. The highest BCUT2D eigenvalue weighted by atomic mass is 16.3. The van der Waals surface area contributed by atoms with Crippen molar-refractivity contribution in [3.63, 3.8) is 0 Å². The molecule has 0 bridgehead atoms. The zero-order valence-corrected chi connectivity index (χ0v) is 21.0. The predicted molar refractivity (Wildman–Crippen MR) is 142 cm³/mol. The molecule has 37 heavy (non-hydrogen) atoms. The average Bonchev–Trinajstić information content (AvgIpc) is 3.54. The van der Waals surface area contributed by atoms with Gasteiger partial charge in [0.05, 0.1) is 23.7 Å². The fraction of sp³-hybridized carbons (Fsp3) is 0.440. The van der Waals surface area contributed by atoms with Crippen LogP contribution in [0.5, 0.6) is 5.75 Å². The van der Waals surface area contributed by atoms with Gasteiger partial charge in [0.15, 0.2) is 5.82 Å². The number of nitriles is 1. The second-order valence-electron chi connectivity index (χ2n) is 9.21. The molecule has 12 nitrogen and oxygen atoms in total. The minimum atomic E-state index is -0.701. The summed E-state index contributed by atoms with van der Waals surface area (Å²) in [7, 11) is 0. The van der Waals surface area contributed by atoms with Crippen LogP contribution < -0.4 is 16.8 Å². The number of amides is 2. The SMILES string of the molecule is CC1CC1.N#CCC1(n2cc(C(N)=O)c(NC=O)n2)CCN(Cc2ccc(N)c(O)c2)CC1.N=CC=N. The minimum Gasteiger partial charge on any atom is -0.506 e. The van der Waals surface area contributed by atoms with Crippen LogP contribution in [0, 0.1) is 28.1 Å². The number of hydrogen-bond acceptors (Lipinski definition) is 9. The van der Waals surface area contributed by atoms with Gasteiger partial charge in [-0.2, -0.15) is 10.4 Å². The number of piperidine rings is 1. The Bertz CT molecular complexity index is 1120. The highest BCUT2D eigenvalue weighted by molar-refractivity contribution is 6.12. The van der Waals surface area contributed by atoms with Crippen molar-refractivity contribution in [2.75, 3.05) is 24.1 Å². The molecule has 4 rings (SSSR count). The number of rotatable bonds is 8. The van der Waals surface area contributed by atoms with E-state index in [1.165, 1.54) is 19.0 Å². The molecular weight excluding hydrogens is 474 g/mol. The predicted octanol–water partition coefficient (Wildman–Crippen LogP) is 2.44. The number of likely N-dealkylation sites (tertiary alicyclic amines) is 1. The van der Waals surface area contributed by atoms with E-state index in [1.807, 2.05) is 6.07 Å². The largest absolute Gasteiger partial charge is 0.506 e. The van der Waals surface area contributed by atoms with E-state index in [0.29, 0.717) is 44.6 Å². The number of carbonyl (C=O) groups excluding carboxylic acids is 2. The van der Waals surface area contributed by atoms with Crippen LogP contribution >= 0.6 is 0 Å². The van der Waals surface area contributed by atoms with Gasteiger partial charge in [0.2, 0.25) is 6.41 Å². The van der Waals surface area contributed by atoms with Gasteiger partial charge in [-0.3, -0.25) is 19.2 Å². The molecule has 0 spiro atoms. The Balaban J connectivity index is 0.000000518. The fourth-order valence-corrected chi connectivity index (χ4v) is 3.83. The molecular formula is C25H35N9O3. The zero-order chi connectivity index (χ0) is 27.4. The maximum absolute atomic E-state index is 11.7. The van der Waals surface area contributed by atoms with Gasteiger partial charge in [-0.25, -0.2) is 0 Å². The smallest absolute Gasteiger partial charge is 0.254 e.